The van der Waals surface area contributed by atoms with E-state index in [0.29, 0.717) is 26.1 Å². The fraction of sp³-hybridized carbons (Fsp3) is 0.364. The summed E-state index contributed by atoms with van der Waals surface area (Å²) in [6.07, 6.45) is 5.61. The van der Waals surface area contributed by atoms with Gasteiger partial charge in [0, 0.05) is 50.0 Å². The number of benzene rings is 1. The molecule has 0 atom stereocenters. The Labute approximate surface area is 186 Å². The van der Waals surface area contributed by atoms with Crippen molar-refractivity contribution in [2.24, 2.45) is 7.05 Å². The van der Waals surface area contributed by atoms with Crippen molar-refractivity contribution in [3.05, 3.63) is 54.0 Å². The zero-order valence-electron chi connectivity index (χ0n) is 17.8. The van der Waals surface area contributed by atoms with Crippen molar-refractivity contribution in [3.63, 3.8) is 0 Å². The summed E-state index contributed by atoms with van der Waals surface area (Å²) in [7, 11) is -2.06. The van der Waals surface area contributed by atoms with Crippen molar-refractivity contribution < 1.29 is 22.7 Å². The van der Waals surface area contributed by atoms with E-state index in [4.69, 9.17) is 4.74 Å². The highest BCUT2D eigenvalue weighted by Crippen LogP contribution is 2.23. The molecule has 3 aromatic rings. The molecule has 0 aliphatic carbocycles. The van der Waals surface area contributed by atoms with E-state index in [1.54, 1.807) is 7.05 Å². The molecule has 32 heavy (non-hydrogen) atoms. The van der Waals surface area contributed by atoms with E-state index in [0.717, 1.165) is 29.3 Å². The van der Waals surface area contributed by atoms with E-state index in [9.17, 15) is 18.0 Å². The second-order valence-corrected chi connectivity index (χ2v) is 9.76. The van der Waals surface area contributed by atoms with Crippen molar-refractivity contribution >= 4 is 32.8 Å². The minimum absolute atomic E-state index is 0.0528. The molecule has 1 saturated heterocycles. The third-order valence-electron chi connectivity index (χ3n) is 5.62. The minimum atomic E-state index is -3.63. The summed E-state index contributed by atoms with van der Waals surface area (Å²) in [5.74, 6) is -1.17. The van der Waals surface area contributed by atoms with Crippen LogP contribution in [0.2, 0.25) is 0 Å². The molecule has 0 bridgehead atoms. The largest absolute Gasteiger partial charge is 0.451 e. The quantitative estimate of drug-likeness (QED) is 0.500. The van der Waals surface area contributed by atoms with Gasteiger partial charge < -0.3 is 19.6 Å². The van der Waals surface area contributed by atoms with Crippen LogP contribution < -0.4 is 5.32 Å². The number of para-hydroxylation sites is 1. The van der Waals surface area contributed by atoms with Gasteiger partial charge in [-0.05, 0) is 37.0 Å². The maximum absolute atomic E-state index is 12.7. The molecule has 10 heteroatoms. The first kappa shape index (κ1) is 22.1. The van der Waals surface area contributed by atoms with Gasteiger partial charge in [-0.25, -0.2) is 13.2 Å². The molecule has 170 valence electrons. The minimum Gasteiger partial charge on any atom is -0.451 e. The number of hydrogen-bond acceptors (Lipinski definition) is 5. The van der Waals surface area contributed by atoms with Crippen LogP contribution >= 0.6 is 0 Å². The van der Waals surface area contributed by atoms with E-state index < -0.39 is 28.5 Å². The lowest BCUT2D eigenvalue weighted by atomic mass is 10.1. The number of sulfonamides is 1. The second-order valence-electron chi connectivity index (χ2n) is 7.82. The number of aromatic nitrogens is 2. The second kappa shape index (κ2) is 9.17. The summed E-state index contributed by atoms with van der Waals surface area (Å²) in [5.41, 5.74) is 2.21. The standard InChI is InChI=1S/C22H26N4O5S/c1-25-14-17(32(29,30)26-10-4-5-11-26)12-20(25)22(28)31-15-21(27)23-9-8-16-13-24-19-7-3-2-6-18(16)19/h2-3,6-7,12-14,24H,4-5,8-11,15H2,1H3,(H,23,27). The Hall–Kier alpha value is -3.11. The molecule has 1 amide bonds. The lowest BCUT2D eigenvalue weighted by Gasteiger charge is -2.13. The molecule has 2 N–H and O–H groups in total. The molecule has 1 aliphatic rings. The van der Waals surface area contributed by atoms with Crippen LogP contribution in [0.3, 0.4) is 0 Å². The van der Waals surface area contributed by atoms with E-state index in [1.807, 2.05) is 30.5 Å². The van der Waals surface area contributed by atoms with Crippen LogP contribution in [0, 0.1) is 0 Å². The van der Waals surface area contributed by atoms with Crippen LogP contribution in [-0.2, 0) is 33.0 Å². The number of esters is 1. The number of carbonyl (C=O) groups excluding carboxylic acids is 2. The van der Waals surface area contributed by atoms with Gasteiger partial charge in [0.1, 0.15) is 10.6 Å². The van der Waals surface area contributed by atoms with Crippen LogP contribution in [0.5, 0.6) is 0 Å². The fourth-order valence-electron chi connectivity index (χ4n) is 3.89. The lowest BCUT2D eigenvalue weighted by molar-refractivity contribution is -0.124. The Balaban J connectivity index is 1.29. The van der Waals surface area contributed by atoms with Crippen LogP contribution in [0.15, 0.2) is 47.6 Å². The van der Waals surface area contributed by atoms with Crippen molar-refractivity contribution in [2.75, 3.05) is 26.2 Å². The van der Waals surface area contributed by atoms with Gasteiger partial charge >= 0.3 is 5.97 Å². The number of fused-ring (bicyclic) bond motifs is 1. The van der Waals surface area contributed by atoms with Crippen molar-refractivity contribution in [3.8, 4) is 0 Å². The van der Waals surface area contributed by atoms with Crippen molar-refractivity contribution in [1.82, 2.24) is 19.2 Å². The first-order valence-electron chi connectivity index (χ1n) is 10.5. The van der Waals surface area contributed by atoms with Crippen LogP contribution in [0.4, 0.5) is 0 Å². The number of amides is 1. The number of aromatic amines is 1. The summed E-state index contributed by atoms with van der Waals surface area (Å²) < 4.78 is 33.3. The molecule has 4 rings (SSSR count). The number of aryl methyl sites for hydroxylation is 1. The van der Waals surface area contributed by atoms with Gasteiger partial charge in [-0.1, -0.05) is 18.2 Å². The third-order valence-corrected chi connectivity index (χ3v) is 7.48. The van der Waals surface area contributed by atoms with Gasteiger partial charge in [0.05, 0.1) is 0 Å². The molecule has 0 radical (unpaired) electrons. The van der Waals surface area contributed by atoms with Gasteiger partial charge in [0.25, 0.3) is 5.91 Å². The summed E-state index contributed by atoms with van der Waals surface area (Å²) in [6, 6.07) is 9.22. The number of nitrogens with one attached hydrogen (secondary N) is 2. The highest BCUT2D eigenvalue weighted by Gasteiger charge is 2.29. The van der Waals surface area contributed by atoms with E-state index >= 15 is 0 Å². The van der Waals surface area contributed by atoms with Crippen LogP contribution in [0.25, 0.3) is 10.9 Å². The smallest absolute Gasteiger partial charge is 0.355 e. The SMILES string of the molecule is Cn1cc(S(=O)(=O)N2CCCC2)cc1C(=O)OCC(=O)NCCc1c[nH]c2ccccc12. The molecule has 2 aromatic heterocycles. The van der Waals surface area contributed by atoms with Crippen LogP contribution in [-0.4, -0.2) is 60.4 Å². The molecule has 1 fully saturated rings. The predicted molar refractivity (Wildman–Crippen MR) is 119 cm³/mol. The number of carbonyl (C=O) groups is 2. The number of ether oxygens (including phenoxy) is 1. The first-order chi connectivity index (χ1) is 15.4. The zero-order valence-corrected chi connectivity index (χ0v) is 18.7. The van der Waals surface area contributed by atoms with Gasteiger partial charge in [-0.3, -0.25) is 4.79 Å². The van der Waals surface area contributed by atoms with Gasteiger partial charge in [0.15, 0.2) is 6.61 Å². The number of hydrogen-bond donors (Lipinski definition) is 2. The highest BCUT2D eigenvalue weighted by atomic mass is 32.2. The monoisotopic (exact) mass is 458 g/mol. The Bertz CT molecular complexity index is 1240. The van der Waals surface area contributed by atoms with Crippen molar-refractivity contribution in [1.29, 1.82) is 0 Å². The predicted octanol–water partition coefficient (Wildman–Crippen LogP) is 1.81. The molecule has 1 aliphatic heterocycles. The average molecular weight is 459 g/mol. The molecule has 0 unspecified atom stereocenters. The molecule has 9 nitrogen and oxygen atoms in total. The number of rotatable bonds is 8. The van der Waals surface area contributed by atoms with E-state index in [2.05, 4.69) is 10.3 Å². The maximum atomic E-state index is 12.7. The summed E-state index contributed by atoms with van der Waals surface area (Å²) in [5, 5.41) is 3.84. The third kappa shape index (κ3) is 4.56. The Kier molecular flexibility index (Phi) is 6.33. The van der Waals surface area contributed by atoms with Crippen LogP contribution in [0.1, 0.15) is 28.9 Å². The van der Waals surface area contributed by atoms with E-state index in [1.165, 1.54) is 21.1 Å². The molecule has 0 spiro atoms. The van der Waals surface area contributed by atoms with E-state index in [-0.39, 0.29) is 10.6 Å². The Morgan fingerprint density at radius 1 is 1.19 bits per heavy atom. The molecule has 0 saturated carbocycles. The van der Waals surface area contributed by atoms with Gasteiger partial charge in [-0.2, -0.15) is 4.31 Å². The number of nitrogens with zero attached hydrogens (tertiary/aromatic N) is 2. The highest BCUT2D eigenvalue weighted by molar-refractivity contribution is 7.89. The zero-order chi connectivity index (χ0) is 22.7. The maximum Gasteiger partial charge on any atom is 0.355 e. The molecular weight excluding hydrogens is 432 g/mol. The fourth-order valence-corrected chi connectivity index (χ4v) is 5.48. The van der Waals surface area contributed by atoms with Gasteiger partial charge in [-0.15, -0.1) is 0 Å². The summed E-state index contributed by atoms with van der Waals surface area (Å²) >= 11 is 0. The Morgan fingerprint density at radius 2 is 1.94 bits per heavy atom. The average Bonchev–Trinajstić information content (AvgIpc) is 3.52. The molecular formula is C22H26N4O5S. The summed E-state index contributed by atoms with van der Waals surface area (Å²) in [6.45, 7) is 0.929. The molecule has 3 heterocycles. The first-order valence-corrected chi connectivity index (χ1v) is 12.0. The summed E-state index contributed by atoms with van der Waals surface area (Å²) in [4.78, 5) is 27.7. The molecule has 1 aromatic carbocycles. The topological polar surface area (TPSA) is 114 Å². The van der Waals surface area contributed by atoms with Gasteiger partial charge in [0.2, 0.25) is 10.0 Å². The Morgan fingerprint density at radius 3 is 2.72 bits per heavy atom. The number of H-pyrrole nitrogens is 1. The lowest BCUT2D eigenvalue weighted by Crippen LogP contribution is -2.30. The normalized spacial score (nSPS) is 14.7. The van der Waals surface area contributed by atoms with Crippen molar-refractivity contribution in [2.45, 2.75) is 24.2 Å².